The predicted octanol–water partition coefficient (Wildman–Crippen LogP) is 3.15. The fraction of sp³-hybridized carbons (Fsp3) is 0.273. The van der Waals surface area contributed by atoms with Crippen molar-refractivity contribution in [2.24, 2.45) is 0 Å². The van der Waals surface area contributed by atoms with Crippen LogP contribution < -0.4 is 10.1 Å². The molecule has 0 aliphatic heterocycles. The lowest BCUT2D eigenvalue weighted by Gasteiger charge is -2.09. The molecular formula is C22H25N3O3S. The van der Waals surface area contributed by atoms with Crippen molar-refractivity contribution in [3.63, 3.8) is 0 Å². The van der Waals surface area contributed by atoms with E-state index < -0.39 is 0 Å². The Balaban J connectivity index is 1.58. The van der Waals surface area contributed by atoms with Crippen LogP contribution in [0.2, 0.25) is 0 Å². The number of aliphatic hydroxyl groups is 1. The van der Waals surface area contributed by atoms with Crippen molar-refractivity contribution in [2.75, 3.05) is 12.9 Å². The number of carbonyl (C=O) groups is 1. The number of amides is 1. The highest BCUT2D eigenvalue weighted by atomic mass is 32.2. The van der Waals surface area contributed by atoms with Crippen LogP contribution in [-0.4, -0.2) is 33.4 Å². The molecule has 152 valence electrons. The molecule has 0 saturated carbocycles. The van der Waals surface area contributed by atoms with Gasteiger partial charge in [0.2, 0.25) is 5.91 Å². The van der Waals surface area contributed by atoms with E-state index >= 15 is 0 Å². The monoisotopic (exact) mass is 411 g/mol. The summed E-state index contributed by atoms with van der Waals surface area (Å²) in [6.45, 7) is 3.00. The molecule has 29 heavy (non-hydrogen) atoms. The van der Waals surface area contributed by atoms with Gasteiger partial charge in [0.1, 0.15) is 5.75 Å². The molecule has 3 aromatic rings. The maximum Gasteiger partial charge on any atom is 0.230 e. The number of nitrogens with one attached hydrogen (secondary N) is 1. The molecule has 7 heteroatoms. The Morgan fingerprint density at radius 3 is 2.48 bits per heavy atom. The number of benzene rings is 2. The van der Waals surface area contributed by atoms with E-state index in [-0.39, 0.29) is 18.3 Å². The Bertz CT molecular complexity index is 937. The summed E-state index contributed by atoms with van der Waals surface area (Å²) in [5.74, 6) is 1.01. The van der Waals surface area contributed by atoms with Gasteiger partial charge in [-0.05, 0) is 30.2 Å². The third kappa shape index (κ3) is 6.10. The molecule has 1 amide bonds. The molecule has 2 aromatic carbocycles. The van der Waals surface area contributed by atoms with Crippen LogP contribution in [0, 0.1) is 6.92 Å². The summed E-state index contributed by atoms with van der Waals surface area (Å²) in [6, 6.07) is 15.9. The Labute approximate surface area is 174 Å². The van der Waals surface area contributed by atoms with E-state index in [1.54, 1.807) is 7.11 Å². The van der Waals surface area contributed by atoms with Gasteiger partial charge in [0, 0.05) is 19.3 Å². The number of methoxy groups -OCH3 is 1. The molecule has 0 spiro atoms. The van der Waals surface area contributed by atoms with Gasteiger partial charge in [-0.3, -0.25) is 4.79 Å². The van der Waals surface area contributed by atoms with Crippen molar-refractivity contribution in [3.05, 3.63) is 77.1 Å². The number of imidazole rings is 1. The van der Waals surface area contributed by atoms with Crippen LogP contribution in [0.15, 0.2) is 59.9 Å². The van der Waals surface area contributed by atoms with Crippen molar-refractivity contribution >= 4 is 17.7 Å². The average molecular weight is 412 g/mol. The molecule has 2 N–H and O–H groups in total. The highest BCUT2D eigenvalue weighted by molar-refractivity contribution is 7.99. The quantitative estimate of drug-likeness (QED) is 0.529. The number of ether oxygens (including phenoxy) is 1. The minimum absolute atomic E-state index is 0.0554. The minimum atomic E-state index is -0.136. The normalized spacial score (nSPS) is 10.7. The second-order valence-corrected chi connectivity index (χ2v) is 7.64. The van der Waals surface area contributed by atoms with Crippen LogP contribution >= 0.6 is 11.8 Å². The summed E-state index contributed by atoms with van der Waals surface area (Å²) < 4.78 is 7.14. The van der Waals surface area contributed by atoms with E-state index in [4.69, 9.17) is 4.74 Å². The minimum Gasteiger partial charge on any atom is -0.497 e. The van der Waals surface area contributed by atoms with Crippen molar-refractivity contribution < 1.29 is 14.6 Å². The van der Waals surface area contributed by atoms with Crippen molar-refractivity contribution in [2.45, 2.75) is 31.8 Å². The second-order valence-electron chi connectivity index (χ2n) is 6.70. The first-order valence-electron chi connectivity index (χ1n) is 9.32. The number of carbonyl (C=O) groups excluding carboxylic acids is 1. The van der Waals surface area contributed by atoms with Gasteiger partial charge >= 0.3 is 0 Å². The number of aryl methyl sites for hydroxylation is 1. The Morgan fingerprint density at radius 1 is 1.14 bits per heavy atom. The third-order valence-electron chi connectivity index (χ3n) is 4.41. The van der Waals surface area contributed by atoms with E-state index in [9.17, 15) is 9.90 Å². The first-order chi connectivity index (χ1) is 14.1. The number of hydrogen-bond donors (Lipinski definition) is 2. The first kappa shape index (κ1) is 21.0. The zero-order valence-electron chi connectivity index (χ0n) is 16.6. The molecule has 0 radical (unpaired) electrons. The van der Waals surface area contributed by atoms with Gasteiger partial charge in [0.15, 0.2) is 5.16 Å². The summed E-state index contributed by atoms with van der Waals surface area (Å²) in [5, 5.41) is 13.1. The van der Waals surface area contributed by atoms with Gasteiger partial charge in [-0.25, -0.2) is 4.98 Å². The van der Waals surface area contributed by atoms with Gasteiger partial charge in [0.05, 0.1) is 25.2 Å². The molecule has 3 rings (SSSR count). The van der Waals surface area contributed by atoms with Crippen molar-refractivity contribution in [1.82, 2.24) is 14.9 Å². The van der Waals surface area contributed by atoms with E-state index in [1.165, 1.54) is 17.3 Å². The molecule has 1 aromatic heterocycles. The fourth-order valence-electron chi connectivity index (χ4n) is 2.77. The highest BCUT2D eigenvalue weighted by Crippen LogP contribution is 2.20. The standard InChI is InChI=1S/C22H25N3O3S/c1-16-3-5-17(6-4-16)11-23-21(27)15-29-22-24-19(14-26)13-25(22)12-18-7-9-20(28-2)10-8-18/h3-10,13,26H,11-12,14-15H2,1-2H3,(H,23,27). The smallest absolute Gasteiger partial charge is 0.230 e. The molecular weight excluding hydrogens is 386 g/mol. The molecule has 0 fully saturated rings. The Hall–Kier alpha value is -2.77. The zero-order chi connectivity index (χ0) is 20.6. The lowest BCUT2D eigenvalue weighted by molar-refractivity contribution is -0.118. The largest absolute Gasteiger partial charge is 0.497 e. The molecule has 0 atom stereocenters. The number of thioether (sulfide) groups is 1. The molecule has 1 heterocycles. The van der Waals surface area contributed by atoms with Crippen molar-refractivity contribution in [3.8, 4) is 5.75 Å². The number of hydrogen-bond acceptors (Lipinski definition) is 5. The fourth-order valence-corrected chi connectivity index (χ4v) is 3.60. The maximum absolute atomic E-state index is 12.2. The number of rotatable bonds is 9. The summed E-state index contributed by atoms with van der Waals surface area (Å²) >= 11 is 1.36. The highest BCUT2D eigenvalue weighted by Gasteiger charge is 2.11. The molecule has 0 aliphatic carbocycles. The zero-order valence-corrected chi connectivity index (χ0v) is 17.4. The van der Waals surface area contributed by atoms with Crippen LogP contribution in [0.25, 0.3) is 0 Å². The van der Waals surface area contributed by atoms with E-state index in [0.717, 1.165) is 16.9 Å². The summed E-state index contributed by atoms with van der Waals surface area (Å²) in [6.07, 6.45) is 1.82. The number of aromatic nitrogens is 2. The molecule has 6 nitrogen and oxygen atoms in total. The molecule has 0 bridgehead atoms. The number of aliphatic hydroxyl groups excluding tert-OH is 1. The van der Waals surface area contributed by atoms with Gasteiger partial charge < -0.3 is 19.7 Å². The van der Waals surface area contributed by atoms with Gasteiger partial charge in [-0.1, -0.05) is 53.7 Å². The molecule has 0 unspecified atom stereocenters. The van der Waals surface area contributed by atoms with Crippen LogP contribution in [0.3, 0.4) is 0 Å². The average Bonchev–Trinajstić information content (AvgIpc) is 3.14. The van der Waals surface area contributed by atoms with Gasteiger partial charge in [-0.15, -0.1) is 0 Å². The SMILES string of the molecule is COc1ccc(Cn2cc(CO)nc2SCC(=O)NCc2ccc(C)cc2)cc1. The van der Waals surface area contributed by atoms with Crippen molar-refractivity contribution in [1.29, 1.82) is 0 Å². The summed E-state index contributed by atoms with van der Waals surface area (Å²) in [5.41, 5.74) is 3.93. The van der Waals surface area contributed by atoms with Crippen LogP contribution in [0.5, 0.6) is 5.75 Å². The third-order valence-corrected chi connectivity index (χ3v) is 5.40. The second kappa shape index (κ2) is 10.1. The lowest BCUT2D eigenvalue weighted by Crippen LogP contribution is -2.24. The van der Waals surface area contributed by atoms with E-state index in [0.29, 0.717) is 23.9 Å². The van der Waals surface area contributed by atoms with E-state index in [1.807, 2.05) is 66.2 Å². The summed E-state index contributed by atoms with van der Waals surface area (Å²) in [7, 11) is 1.64. The molecule has 0 aliphatic rings. The Morgan fingerprint density at radius 2 is 1.83 bits per heavy atom. The van der Waals surface area contributed by atoms with Gasteiger partial charge in [-0.2, -0.15) is 0 Å². The predicted molar refractivity (Wildman–Crippen MR) is 114 cm³/mol. The van der Waals surface area contributed by atoms with Gasteiger partial charge in [0.25, 0.3) is 0 Å². The van der Waals surface area contributed by atoms with Crippen LogP contribution in [0.4, 0.5) is 0 Å². The Kier molecular flexibility index (Phi) is 7.32. The van der Waals surface area contributed by atoms with E-state index in [2.05, 4.69) is 10.3 Å². The van der Waals surface area contributed by atoms with Crippen LogP contribution in [-0.2, 0) is 24.5 Å². The topological polar surface area (TPSA) is 76.4 Å². The maximum atomic E-state index is 12.2. The molecule has 0 saturated heterocycles. The first-order valence-corrected chi connectivity index (χ1v) is 10.3. The van der Waals surface area contributed by atoms with Crippen LogP contribution in [0.1, 0.15) is 22.4 Å². The number of nitrogens with zero attached hydrogens (tertiary/aromatic N) is 2. The summed E-state index contributed by atoms with van der Waals surface area (Å²) in [4.78, 5) is 16.7. The lowest BCUT2D eigenvalue weighted by atomic mass is 10.1.